The number of carbonyl (C=O) groups is 1. The molecule has 2 saturated carbocycles. The number of hydrogen-bond donors (Lipinski definition) is 0. The van der Waals surface area contributed by atoms with E-state index in [0.29, 0.717) is 0 Å². The highest BCUT2D eigenvalue weighted by atomic mass is 16.5. The normalized spacial score (nSPS) is 37.8. The third-order valence-electron chi connectivity index (χ3n) is 8.12. The number of carbonyl (C=O) groups excluding carboxylic acids is 1. The van der Waals surface area contributed by atoms with E-state index in [1.807, 2.05) is 0 Å². The minimum absolute atomic E-state index is 0.118. The SMILES string of the molecule is CCCCCC1CCC(CCC2CCC(C3CCC(C)CC3)CC2)C(=O)O1. The van der Waals surface area contributed by atoms with Crippen molar-refractivity contribution < 1.29 is 9.53 Å². The molecule has 0 aromatic heterocycles. The summed E-state index contributed by atoms with van der Waals surface area (Å²) >= 11 is 0. The summed E-state index contributed by atoms with van der Waals surface area (Å²) in [4.78, 5) is 12.4. The first kappa shape index (κ1) is 21.2. The van der Waals surface area contributed by atoms with Gasteiger partial charge in [-0.25, -0.2) is 0 Å². The molecule has 0 N–H and O–H groups in total. The molecular weight excluding hydrogens is 332 g/mol. The summed E-state index contributed by atoms with van der Waals surface area (Å²) < 4.78 is 5.75. The van der Waals surface area contributed by atoms with Gasteiger partial charge in [0.05, 0.1) is 5.92 Å². The van der Waals surface area contributed by atoms with Crippen molar-refractivity contribution in [1.82, 2.24) is 0 Å². The van der Waals surface area contributed by atoms with Crippen LogP contribution in [0.1, 0.15) is 117 Å². The maximum atomic E-state index is 12.4. The average molecular weight is 377 g/mol. The van der Waals surface area contributed by atoms with Crippen molar-refractivity contribution in [1.29, 1.82) is 0 Å². The highest BCUT2D eigenvalue weighted by molar-refractivity contribution is 5.73. The third-order valence-corrected chi connectivity index (χ3v) is 8.12. The Morgan fingerprint density at radius 2 is 1.44 bits per heavy atom. The van der Waals surface area contributed by atoms with Crippen LogP contribution in [-0.4, -0.2) is 12.1 Å². The molecule has 1 aliphatic heterocycles. The number of cyclic esters (lactones) is 1. The van der Waals surface area contributed by atoms with Crippen molar-refractivity contribution in [3.05, 3.63) is 0 Å². The van der Waals surface area contributed by atoms with Crippen LogP contribution in [-0.2, 0) is 9.53 Å². The van der Waals surface area contributed by atoms with E-state index in [2.05, 4.69) is 13.8 Å². The number of unbranched alkanes of at least 4 members (excludes halogenated alkanes) is 2. The Bertz CT molecular complexity index is 430. The zero-order valence-electron chi connectivity index (χ0n) is 18.1. The Hall–Kier alpha value is -0.530. The summed E-state index contributed by atoms with van der Waals surface area (Å²) in [5.41, 5.74) is 0. The fourth-order valence-electron chi connectivity index (χ4n) is 6.05. The average Bonchev–Trinajstić information content (AvgIpc) is 2.69. The van der Waals surface area contributed by atoms with Crippen molar-refractivity contribution in [2.75, 3.05) is 0 Å². The number of rotatable bonds is 8. The van der Waals surface area contributed by atoms with Crippen molar-refractivity contribution >= 4 is 5.97 Å². The van der Waals surface area contributed by atoms with Crippen molar-refractivity contribution in [2.24, 2.45) is 29.6 Å². The molecule has 0 aromatic carbocycles. The van der Waals surface area contributed by atoms with Crippen LogP contribution in [0, 0.1) is 29.6 Å². The van der Waals surface area contributed by atoms with Crippen LogP contribution in [0.5, 0.6) is 0 Å². The minimum Gasteiger partial charge on any atom is -0.462 e. The fourth-order valence-corrected chi connectivity index (χ4v) is 6.05. The van der Waals surface area contributed by atoms with Crippen LogP contribution in [0.25, 0.3) is 0 Å². The quantitative estimate of drug-likeness (QED) is 0.328. The monoisotopic (exact) mass is 376 g/mol. The second-order valence-electron chi connectivity index (χ2n) is 10.2. The molecule has 3 rings (SSSR count). The molecule has 2 unspecified atom stereocenters. The van der Waals surface area contributed by atoms with Crippen LogP contribution < -0.4 is 0 Å². The van der Waals surface area contributed by atoms with Gasteiger partial charge in [0.15, 0.2) is 0 Å². The lowest BCUT2D eigenvalue weighted by molar-refractivity contribution is -0.161. The van der Waals surface area contributed by atoms with E-state index in [1.165, 1.54) is 77.0 Å². The topological polar surface area (TPSA) is 26.3 Å². The van der Waals surface area contributed by atoms with Crippen molar-refractivity contribution in [3.8, 4) is 0 Å². The van der Waals surface area contributed by atoms with E-state index < -0.39 is 0 Å². The summed E-state index contributed by atoms with van der Waals surface area (Å²) in [7, 11) is 0. The van der Waals surface area contributed by atoms with Gasteiger partial charge in [0.1, 0.15) is 6.10 Å². The number of hydrogen-bond acceptors (Lipinski definition) is 2. The lowest BCUT2D eigenvalue weighted by Gasteiger charge is -2.37. The zero-order valence-corrected chi connectivity index (χ0v) is 18.1. The maximum Gasteiger partial charge on any atom is 0.309 e. The molecule has 0 spiro atoms. The molecule has 0 amide bonds. The minimum atomic E-state index is 0.118. The molecule has 2 heteroatoms. The van der Waals surface area contributed by atoms with Gasteiger partial charge in [-0.2, -0.15) is 0 Å². The first-order chi connectivity index (χ1) is 13.2. The molecule has 1 saturated heterocycles. The first-order valence-corrected chi connectivity index (χ1v) is 12.4. The Morgan fingerprint density at radius 1 is 0.778 bits per heavy atom. The molecule has 2 nitrogen and oxygen atoms in total. The predicted octanol–water partition coefficient (Wildman–Crippen LogP) is 7.30. The highest BCUT2D eigenvalue weighted by Crippen LogP contribution is 2.42. The second-order valence-corrected chi connectivity index (χ2v) is 10.2. The molecule has 0 aromatic rings. The lowest BCUT2D eigenvalue weighted by Crippen LogP contribution is -2.31. The van der Waals surface area contributed by atoms with Gasteiger partial charge >= 0.3 is 5.97 Å². The Morgan fingerprint density at radius 3 is 2.07 bits per heavy atom. The van der Waals surface area contributed by atoms with Crippen molar-refractivity contribution in [3.63, 3.8) is 0 Å². The summed E-state index contributed by atoms with van der Waals surface area (Å²) in [6, 6.07) is 0. The summed E-state index contributed by atoms with van der Waals surface area (Å²) in [5, 5.41) is 0. The van der Waals surface area contributed by atoms with Gasteiger partial charge in [0.25, 0.3) is 0 Å². The maximum absolute atomic E-state index is 12.4. The van der Waals surface area contributed by atoms with Gasteiger partial charge in [-0.05, 0) is 87.9 Å². The van der Waals surface area contributed by atoms with Crippen LogP contribution >= 0.6 is 0 Å². The molecule has 27 heavy (non-hydrogen) atoms. The summed E-state index contributed by atoms with van der Waals surface area (Å²) in [6.45, 7) is 4.66. The molecular formula is C25H44O2. The highest BCUT2D eigenvalue weighted by Gasteiger charge is 2.32. The van der Waals surface area contributed by atoms with E-state index in [0.717, 1.165) is 49.4 Å². The van der Waals surface area contributed by atoms with Gasteiger partial charge in [-0.3, -0.25) is 4.79 Å². The van der Waals surface area contributed by atoms with Gasteiger partial charge in [0.2, 0.25) is 0 Å². The standard InChI is InChI=1S/C25H44O2/c1-3-4-5-6-24-18-17-23(25(26)27-24)16-11-20-9-14-22(15-10-20)21-12-7-19(2)8-13-21/h19-24H,3-18H2,1-2H3. The smallest absolute Gasteiger partial charge is 0.309 e. The molecule has 2 atom stereocenters. The molecule has 3 aliphatic rings. The summed E-state index contributed by atoms with van der Waals surface area (Å²) in [5.74, 6) is 4.20. The largest absolute Gasteiger partial charge is 0.462 e. The van der Waals surface area contributed by atoms with Crippen LogP contribution in [0.2, 0.25) is 0 Å². The van der Waals surface area contributed by atoms with E-state index in [4.69, 9.17) is 4.74 Å². The van der Waals surface area contributed by atoms with E-state index in [-0.39, 0.29) is 18.0 Å². The number of esters is 1. The van der Waals surface area contributed by atoms with E-state index in [9.17, 15) is 4.79 Å². The molecule has 0 bridgehead atoms. The summed E-state index contributed by atoms with van der Waals surface area (Å²) in [6.07, 6.45) is 21.2. The Balaban J connectivity index is 1.30. The third kappa shape index (κ3) is 6.50. The van der Waals surface area contributed by atoms with Crippen LogP contribution in [0.4, 0.5) is 0 Å². The van der Waals surface area contributed by atoms with Crippen molar-refractivity contribution in [2.45, 2.75) is 123 Å². The predicted molar refractivity (Wildman–Crippen MR) is 113 cm³/mol. The van der Waals surface area contributed by atoms with Crippen LogP contribution in [0.15, 0.2) is 0 Å². The van der Waals surface area contributed by atoms with Gasteiger partial charge in [-0.15, -0.1) is 0 Å². The van der Waals surface area contributed by atoms with Crippen LogP contribution in [0.3, 0.4) is 0 Å². The Labute approximate surface area is 168 Å². The molecule has 156 valence electrons. The molecule has 1 heterocycles. The van der Waals surface area contributed by atoms with Gasteiger partial charge < -0.3 is 4.74 Å². The first-order valence-electron chi connectivity index (χ1n) is 12.4. The van der Waals surface area contributed by atoms with E-state index in [1.54, 1.807) is 0 Å². The number of ether oxygens (including phenoxy) is 1. The molecule has 2 aliphatic carbocycles. The second kappa shape index (κ2) is 10.9. The van der Waals surface area contributed by atoms with Gasteiger partial charge in [-0.1, -0.05) is 52.4 Å². The van der Waals surface area contributed by atoms with E-state index >= 15 is 0 Å². The lowest BCUT2D eigenvalue weighted by atomic mass is 9.68. The molecule has 0 radical (unpaired) electrons. The molecule has 3 fully saturated rings. The zero-order chi connectivity index (χ0) is 19.1. The Kier molecular flexibility index (Phi) is 8.52. The van der Waals surface area contributed by atoms with Gasteiger partial charge in [0, 0.05) is 0 Å². The fraction of sp³-hybridized carbons (Fsp3) is 0.960.